The predicted octanol–water partition coefficient (Wildman–Crippen LogP) is 5.29. The van der Waals surface area contributed by atoms with Gasteiger partial charge in [0.1, 0.15) is 0 Å². The highest BCUT2D eigenvalue weighted by Crippen LogP contribution is 2.27. The topological polar surface area (TPSA) is 27.3 Å². The summed E-state index contributed by atoms with van der Waals surface area (Å²) < 4.78 is 0. The van der Waals surface area contributed by atoms with E-state index in [4.69, 9.17) is 23.8 Å². The lowest BCUT2D eigenvalue weighted by Crippen LogP contribution is -2.28. The van der Waals surface area contributed by atoms with Crippen LogP contribution in [0.5, 0.6) is 0 Å². The number of nitrogens with zero attached hydrogens (tertiary/aromatic N) is 1. The summed E-state index contributed by atoms with van der Waals surface area (Å²) >= 11 is 11.7. The van der Waals surface area contributed by atoms with E-state index in [0.29, 0.717) is 16.7 Å². The van der Waals surface area contributed by atoms with Crippen molar-refractivity contribution in [1.82, 2.24) is 10.2 Å². The lowest BCUT2D eigenvalue weighted by atomic mass is 10.1. The molecule has 2 N–H and O–H groups in total. The van der Waals surface area contributed by atoms with Gasteiger partial charge in [-0.2, -0.15) is 0 Å². The third kappa shape index (κ3) is 5.97. The molecule has 0 fully saturated rings. The fraction of sp³-hybridized carbons (Fsp3) is 0.381. The first-order valence-corrected chi connectivity index (χ1v) is 9.83. The van der Waals surface area contributed by atoms with Crippen LogP contribution in [0.4, 0.5) is 5.69 Å². The fourth-order valence-electron chi connectivity index (χ4n) is 2.88. The minimum absolute atomic E-state index is 0.575. The van der Waals surface area contributed by atoms with E-state index in [1.165, 1.54) is 11.1 Å². The summed E-state index contributed by atoms with van der Waals surface area (Å²) in [7, 11) is 0. The average molecular weight is 390 g/mol. The second kappa shape index (κ2) is 9.91. The molecule has 0 amide bonds. The smallest absolute Gasteiger partial charge is 0.171 e. The summed E-state index contributed by atoms with van der Waals surface area (Å²) in [6.45, 7) is 12.3. The molecule has 0 saturated heterocycles. The SMILES string of the molecule is CCN(CC)Cc1ccc(CNC(=S)Nc2c(C)cc(C)cc2Cl)cc1. The van der Waals surface area contributed by atoms with E-state index in [0.717, 1.165) is 36.4 Å². The summed E-state index contributed by atoms with van der Waals surface area (Å²) in [4.78, 5) is 2.40. The summed E-state index contributed by atoms with van der Waals surface area (Å²) in [6.07, 6.45) is 0. The Morgan fingerprint density at radius 3 is 2.23 bits per heavy atom. The molecule has 0 radical (unpaired) electrons. The van der Waals surface area contributed by atoms with Gasteiger partial charge in [-0.25, -0.2) is 0 Å². The van der Waals surface area contributed by atoms with Crippen molar-refractivity contribution in [3.63, 3.8) is 0 Å². The molecule has 0 aromatic heterocycles. The molecule has 26 heavy (non-hydrogen) atoms. The van der Waals surface area contributed by atoms with Gasteiger partial charge in [0.15, 0.2) is 5.11 Å². The molecule has 2 aromatic rings. The van der Waals surface area contributed by atoms with Crippen LogP contribution in [0.15, 0.2) is 36.4 Å². The van der Waals surface area contributed by atoms with E-state index >= 15 is 0 Å². The van der Waals surface area contributed by atoms with Crippen LogP contribution in [0.25, 0.3) is 0 Å². The summed E-state index contributed by atoms with van der Waals surface area (Å²) in [6, 6.07) is 12.7. The molecule has 0 aliphatic carbocycles. The first-order valence-electron chi connectivity index (χ1n) is 9.04. The number of nitrogens with one attached hydrogen (secondary N) is 2. The molecule has 0 atom stereocenters. The molecule has 0 aliphatic rings. The number of rotatable bonds is 7. The first kappa shape index (κ1) is 20.7. The highest BCUT2D eigenvalue weighted by Gasteiger charge is 2.07. The maximum atomic E-state index is 6.32. The van der Waals surface area contributed by atoms with Crippen molar-refractivity contribution in [2.24, 2.45) is 0 Å². The molecule has 140 valence electrons. The minimum Gasteiger partial charge on any atom is -0.358 e. The number of hydrogen-bond donors (Lipinski definition) is 2. The number of halogens is 1. The van der Waals surface area contributed by atoms with Crippen LogP contribution in [0.3, 0.4) is 0 Å². The van der Waals surface area contributed by atoms with Crippen molar-refractivity contribution < 1.29 is 0 Å². The highest BCUT2D eigenvalue weighted by atomic mass is 35.5. The monoisotopic (exact) mass is 389 g/mol. The molecular formula is C21H28ClN3S. The zero-order chi connectivity index (χ0) is 19.1. The van der Waals surface area contributed by atoms with Crippen LogP contribution in [0, 0.1) is 13.8 Å². The van der Waals surface area contributed by atoms with Crippen LogP contribution in [0.2, 0.25) is 5.02 Å². The van der Waals surface area contributed by atoms with E-state index in [1.807, 2.05) is 19.9 Å². The zero-order valence-electron chi connectivity index (χ0n) is 16.0. The molecule has 0 heterocycles. The Labute approximate surface area is 167 Å². The van der Waals surface area contributed by atoms with Gasteiger partial charge in [0.25, 0.3) is 0 Å². The molecule has 0 saturated carbocycles. The fourth-order valence-corrected chi connectivity index (χ4v) is 3.42. The second-order valence-electron chi connectivity index (χ2n) is 6.52. The molecule has 0 aliphatic heterocycles. The number of hydrogen-bond acceptors (Lipinski definition) is 2. The van der Waals surface area contributed by atoms with Gasteiger partial charge >= 0.3 is 0 Å². The Morgan fingerprint density at radius 1 is 1.04 bits per heavy atom. The lowest BCUT2D eigenvalue weighted by Gasteiger charge is -2.18. The average Bonchev–Trinajstić information content (AvgIpc) is 2.62. The van der Waals surface area contributed by atoms with Crippen molar-refractivity contribution in [3.05, 3.63) is 63.7 Å². The standard InChI is InChI=1S/C21H28ClN3S/c1-5-25(6-2)14-18-9-7-17(8-10-18)13-23-21(26)24-20-16(4)11-15(3)12-19(20)22/h7-12H,5-6,13-14H2,1-4H3,(H2,23,24,26). The molecule has 3 nitrogen and oxygen atoms in total. The predicted molar refractivity (Wildman–Crippen MR) is 117 cm³/mol. The second-order valence-corrected chi connectivity index (χ2v) is 7.34. The van der Waals surface area contributed by atoms with E-state index in [9.17, 15) is 0 Å². The van der Waals surface area contributed by atoms with Crippen LogP contribution in [-0.2, 0) is 13.1 Å². The van der Waals surface area contributed by atoms with Crippen LogP contribution in [0.1, 0.15) is 36.1 Å². The van der Waals surface area contributed by atoms with Crippen molar-refractivity contribution in [3.8, 4) is 0 Å². The van der Waals surface area contributed by atoms with Crippen molar-refractivity contribution in [2.75, 3.05) is 18.4 Å². The Kier molecular flexibility index (Phi) is 7.88. The maximum absolute atomic E-state index is 6.32. The normalized spacial score (nSPS) is 10.8. The summed E-state index contributed by atoms with van der Waals surface area (Å²) in [5.41, 5.74) is 5.62. The van der Waals surface area contributed by atoms with Gasteiger partial charge in [0, 0.05) is 13.1 Å². The van der Waals surface area contributed by atoms with Crippen LogP contribution in [-0.4, -0.2) is 23.1 Å². The third-order valence-electron chi connectivity index (χ3n) is 4.45. The molecule has 5 heteroatoms. The largest absolute Gasteiger partial charge is 0.358 e. The highest BCUT2D eigenvalue weighted by molar-refractivity contribution is 7.80. The zero-order valence-corrected chi connectivity index (χ0v) is 17.6. The van der Waals surface area contributed by atoms with E-state index < -0.39 is 0 Å². The quantitative estimate of drug-likeness (QED) is 0.629. The Morgan fingerprint density at radius 2 is 1.65 bits per heavy atom. The molecule has 0 spiro atoms. The van der Waals surface area contributed by atoms with Crippen molar-refractivity contribution in [1.29, 1.82) is 0 Å². The van der Waals surface area contributed by atoms with Gasteiger partial charge in [0.05, 0.1) is 10.7 Å². The molecule has 0 unspecified atom stereocenters. The van der Waals surface area contributed by atoms with Gasteiger partial charge in [-0.05, 0) is 67.5 Å². The molecule has 2 aromatic carbocycles. The van der Waals surface area contributed by atoms with E-state index in [2.05, 4.69) is 59.7 Å². The third-order valence-corrected chi connectivity index (χ3v) is 4.99. The number of aryl methyl sites for hydroxylation is 2. The lowest BCUT2D eigenvalue weighted by molar-refractivity contribution is 0.296. The van der Waals surface area contributed by atoms with Crippen LogP contribution >= 0.6 is 23.8 Å². The van der Waals surface area contributed by atoms with E-state index in [1.54, 1.807) is 0 Å². The van der Waals surface area contributed by atoms with Gasteiger partial charge in [-0.1, -0.05) is 55.8 Å². The van der Waals surface area contributed by atoms with E-state index in [-0.39, 0.29) is 0 Å². The number of benzene rings is 2. The van der Waals surface area contributed by atoms with Gasteiger partial charge in [0.2, 0.25) is 0 Å². The summed E-state index contributed by atoms with van der Waals surface area (Å²) in [5.74, 6) is 0. The van der Waals surface area contributed by atoms with Crippen LogP contribution < -0.4 is 10.6 Å². The number of thiocarbonyl (C=S) groups is 1. The van der Waals surface area contributed by atoms with Crippen molar-refractivity contribution >= 4 is 34.6 Å². The maximum Gasteiger partial charge on any atom is 0.171 e. The Hall–Kier alpha value is -1.62. The Bertz CT molecular complexity index is 716. The molecule has 2 rings (SSSR count). The first-order chi connectivity index (χ1) is 12.4. The minimum atomic E-state index is 0.575. The molecular weight excluding hydrogens is 362 g/mol. The molecule has 0 bridgehead atoms. The van der Waals surface area contributed by atoms with Crippen molar-refractivity contribution in [2.45, 2.75) is 40.8 Å². The Balaban J connectivity index is 1.89. The van der Waals surface area contributed by atoms with Gasteiger partial charge < -0.3 is 10.6 Å². The van der Waals surface area contributed by atoms with Gasteiger partial charge in [-0.15, -0.1) is 0 Å². The number of anilines is 1. The summed E-state index contributed by atoms with van der Waals surface area (Å²) in [5, 5.41) is 7.72. The van der Waals surface area contributed by atoms with Gasteiger partial charge in [-0.3, -0.25) is 4.90 Å².